The largest absolute Gasteiger partial charge is 0.469 e. The number of hydrogen-bond donors (Lipinski definition) is 5. The molecule has 0 aromatic carbocycles. The zero-order chi connectivity index (χ0) is 19.8. The molecule has 0 aliphatic carbocycles. The number of nitrogens with one attached hydrogen (secondary N) is 1. The molecule has 0 saturated carbocycles. The Hall–Kier alpha value is -2.54. The molecule has 2 aromatic heterocycles. The fourth-order valence-electron chi connectivity index (χ4n) is 3.00. The number of rotatable bonds is 6. The molecular weight excluding hydrogens is 360 g/mol. The van der Waals surface area contributed by atoms with Crippen LogP contribution in [0.4, 0.5) is 11.8 Å². The summed E-state index contributed by atoms with van der Waals surface area (Å²) in [7, 11) is 1.30. The number of imidazole rings is 1. The van der Waals surface area contributed by atoms with Crippen molar-refractivity contribution in [3.63, 3.8) is 0 Å². The van der Waals surface area contributed by atoms with Crippen molar-refractivity contribution in [3.8, 4) is 0 Å². The Morgan fingerprint density at radius 3 is 2.89 bits per heavy atom. The number of anilines is 2. The Balaban J connectivity index is 1.94. The van der Waals surface area contributed by atoms with Crippen LogP contribution in [-0.4, -0.2) is 78.9 Å². The summed E-state index contributed by atoms with van der Waals surface area (Å²) in [5.74, 6) is -0.135. The summed E-state index contributed by atoms with van der Waals surface area (Å²) in [6, 6.07) is 0. The van der Waals surface area contributed by atoms with Crippen LogP contribution in [0.25, 0.3) is 11.2 Å². The Morgan fingerprint density at radius 2 is 2.26 bits per heavy atom. The van der Waals surface area contributed by atoms with Crippen LogP contribution in [0.5, 0.6) is 0 Å². The third-order valence-electron chi connectivity index (χ3n) is 4.48. The highest BCUT2D eigenvalue weighted by Crippen LogP contribution is 2.39. The fraction of sp³-hybridized carbons (Fsp3) is 0.600. The van der Waals surface area contributed by atoms with Gasteiger partial charge >= 0.3 is 5.97 Å². The maximum atomic E-state index is 11.2. The predicted molar refractivity (Wildman–Crippen MR) is 92.5 cm³/mol. The summed E-state index contributed by atoms with van der Waals surface area (Å²) >= 11 is 0. The SMILES string of the molecule is COC(=O)CCNc1nc(N)nc2c1ncn2[C@@H]1O[C@H](CO)[C@@H](O)[C@@]1(C)O. The monoisotopic (exact) mass is 382 g/mol. The predicted octanol–water partition coefficient (Wildman–Crippen LogP) is -1.61. The topological polar surface area (TPSA) is 178 Å². The first-order valence-electron chi connectivity index (χ1n) is 8.27. The van der Waals surface area contributed by atoms with Gasteiger partial charge in [0.15, 0.2) is 23.2 Å². The second-order valence-corrected chi connectivity index (χ2v) is 6.39. The minimum absolute atomic E-state index is 0.0540. The number of carbonyl (C=O) groups is 1. The first-order valence-corrected chi connectivity index (χ1v) is 8.27. The van der Waals surface area contributed by atoms with Gasteiger partial charge in [0.1, 0.15) is 17.8 Å². The van der Waals surface area contributed by atoms with E-state index >= 15 is 0 Å². The fourth-order valence-corrected chi connectivity index (χ4v) is 3.00. The van der Waals surface area contributed by atoms with Gasteiger partial charge in [-0.05, 0) is 6.92 Å². The molecule has 0 spiro atoms. The summed E-state index contributed by atoms with van der Waals surface area (Å²) in [5.41, 5.74) is 4.68. The van der Waals surface area contributed by atoms with Crippen molar-refractivity contribution >= 4 is 28.9 Å². The molecule has 148 valence electrons. The highest BCUT2D eigenvalue weighted by molar-refractivity contribution is 5.84. The lowest BCUT2D eigenvalue weighted by molar-refractivity contribution is -0.140. The average Bonchev–Trinajstić information content (AvgIpc) is 3.13. The molecule has 2 aromatic rings. The number of fused-ring (bicyclic) bond motifs is 1. The van der Waals surface area contributed by atoms with Gasteiger partial charge in [0.25, 0.3) is 0 Å². The van der Waals surface area contributed by atoms with Crippen LogP contribution in [0.2, 0.25) is 0 Å². The van der Waals surface area contributed by atoms with E-state index in [2.05, 4.69) is 25.0 Å². The van der Waals surface area contributed by atoms with Crippen molar-refractivity contribution < 1.29 is 29.6 Å². The molecule has 12 nitrogen and oxygen atoms in total. The van der Waals surface area contributed by atoms with Crippen molar-refractivity contribution in [3.05, 3.63) is 6.33 Å². The summed E-state index contributed by atoms with van der Waals surface area (Å²) in [6.45, 7) is 1.18. The van der Waals surface area contributed by atoms with Crippen LogP contribution in [0.3, 0.4) is 0 Å². The molecule has 1 saturated heterocycles. The number of aliphatic hydroxyl groups is 3. The van der Waals surface area contributed by atoms with E-state index < -0.39 is 30.6 Å². The lowest BCUT2D eigenvalue weighted by atomic mass is 9.96. The molecule has 0 bridgehead atoms. The number of aromatic nitrogens is 4. The molecule has 4 atom stereocenters. The van der Waals surface area contributed by atoms with Crippen LogP contribution >= 0.6 is 0 Å². The molecule has 0 amide bonds. The number of esters is 1. The molecule has 12 heteroatoms. The average molecular weight is 382 g/mol. The zero-order valence-electron chi connectivity index (χ0n) is 14.9. The van der Waals surface area contributed by atoms with Crippen LogP contribution in [0.1, 0.15) is 19.6 Å². The third kappa shape index (κ3) is 3.39. The summed E-state index contributed by atoms with van der Waals surface area (Å²) in [5, 5.41) is 33.1. The van der Waals surface area contributed by atoms with E-state index in [1.54, 1.807) is 0 Å². The minimum atomic E-state index is -1.70. The highest BCUT2D eigenvalue weighted by Gasteiger charge is 2.53. The quantitative estimate of drug-likeness (QED) is 0.363. The van der Waals surface area contributed by atoms with Crippen molar-refractivity contribution in [1.29, 1.82) is 0 Å². The van der Waals surface area contributed by atoms with Gasteiger partial charge in [-0.15, -0.1) is 0 Å². The Labute approximate surface area is 153 Å². The van der Waals surface area contributed by atoms with Gasteiger partial charge < -0.3 is 35.8 Å². The summed E-state index contributed by atoms with van der Waals surface area (Å²) < 4.78 is 11.6. The van der Waals surface area contributed by atoms with E-state index in [1.165, 1.54) is 24.9 Å². The second kappa shape index (κ2) is 7.23. The van der Waals surface area contributed by atoms with E-state index in [1.807, 2.05) is 0 Å². The Bertz CT molecular complexity index is 840. The van der Waals surface area contributed by atoms with Gasteiger partial charge in [0.05, 0.1) is 26.5 Å². The minimum Gasteiger partial charge on any atom is -0.469 e. The second-order valence-electron chi connectivity index (χ2n) is 6.39. The standard InChI is InChI=1S/C15H22N6O6/c1-15(25)10(24)7(5-22)27-13(15)21-6-18-9-11(17-4-3-8(23)26-2)19-14(16)20-12(9)21/h6-7,10,13,22,24-25H,3-5H2,1-2H3,(H3,16,17,19,20)/t7-,10-,13-,15-/m1/s1. The van der Waals surface area contributed by atoms with E-state index in [-0.39, 0.29) is 30.5 Å². The first kappa shape index (κ1) is 19.2. The molecule has 1 aliphatic rings. The maximum absolute atomic E-state index is 11.2. The van der Waals surface area contributed by atoms with Crippen molar-refractivity contribution in [1.82, 2.24) is 19.5 Å². The molecule has 1 aliphatic heterocycles. The van der Waals surface area contributed by atoms with Gasteiger partial charge in [0.2, 0.25) is 5.95 Å². The number of aliphatic hydroxyl groups excluding tert-OH is 2. The Morgan fingerprint density at radius 1 is 1.52 bits per heavy atom. The molecule has 3 rings (SSSR count). The van der Waals surface area contributed by atoms with Gasteiger partial charge in [0, 0.05) is 6.54 Å². The molecule has 3 heterocycles. The number of methoxy groups -OCH3 is 1. The number of nitrogens with two attached hydrogens (primary N) is 1. The van der Waals surface area contributed by atoms with Crippen LogP contribution < -0.4 is 11.1 Å². The molecule has 6 N–H and O–H groups in total. The lowest BCUT2D eigenvalue weighted by Gasteiger charge is -2.27. The van der Waals surface area contributed by atoms with Crippen molar-refractivity contribution in [2.45, 2.75) is 37.4 Å². The van der Waals surface area contributed by atoms with Crippen LogP contribution in [-0.2, 0) is 14.3 Å². The molecule has 0 unspecified atom stereocenters. The van der Waals surface area contributed by atoms with Gasteiger partial charge in [-0.3, -0.25) is 9.36 Å². The highest BCUT2D eigenvalue weighted by atomic mass is 16.6. The van der Waals surface area contributed by atoms with Crippen molar-refractivity contribution in [2.75, 3.05) is 31.3 Å². The van der Waals surface area contributed by atoms with E-state index in [0.29, 0.717) is 11.3 Å². The summed E-state index contributed by atoms with van der Waals surface area (Å²) in [6.07, 6.45) is -1.82. The lowest BCUT2D eigenvalue weighted by Crippen LogP contribution is -2.44. The van der Waals surface area contributed by atoms with Gasteiger partial charge in [-0.25, -0.2) is 4.98 Å². The number of nitrogens with zero attached hydrogens (tertiary/aromatic N) is 4. The van der Waals surface area contributed by atoms with Gasteiger partial charge in [-0.2, -0.15) is 9.97 Å². The normalized spacial score (nSPS) is 27.8. The molecule has 1 fully saturated rings. The number of hydrogen-bond acceptors (Lipinski definition) is 11. The van der Waals surface area contributed by atoms with Gasteiger partial charge in [-0.1, -0.05) is 0 Å². The van der Waals surface area contributed by atoms with Crippen molar-refractivity contribution in [2.24, 2.45) is 0 Å². The molecule has 0 radical (unpaired) electrons. The molecule has 27 heavy (non-hydrogen) atoms. The van der Waals surface area contributed by atoms with E-state index in [4.69, 9.17) is 10.5 Å². The zero-order valence-corrected chi connectivity index (χ0v) is 14.9. The maximum Gasteiger partial charge on any atom is 0.307 e. The van der Waals surface area contributed by atoms with Crippen LogP contribution in [0.15, 0.2) is 6.33 Å². The van der Waals surface area contributed by atoms with Crippen LogP contribution in [0, 0.1) is 0 Å². The number of nitrogen functional groups attached to an aromatic ring is 1. The first-order chi connectivity index (χ1) is 12.8. The summed E-state index contributed by atoms with van der Waals surface area (Å²) in [4.78, 5) is 23.7. The molecular formula is C15H22N6O6. The number of carbonyl (C=O) groups excluding carboxylic acids is 1. The Kier molecular flexibility index (Phi) is 5.15. The van der Waals surface area contributed by atoms with E-state index in [9.17, 15) is 20.1 Å². The smallest absolute Gasteiger partial charge is 0.307 e. The third-order valence-corrected chi connectivity index (χ3v) is 4.48. The number of ether oxygens (including phenoxy) is 2. The van der Waals surface area contributed by atoms with E-state index in [0.717, 1.165) is 0 Å².